The van der Waals surface area contributed by atoms with Crippen LogP contribution >= 0.6 is 0 Å². The van der Waals surface area contributed by atoms with Crippen molar-refractivity contribution in [3.63, 3.8) is 0 Å². The van der Waals surface area contributed by atoms with Crippen molar-refractivity contribution in [2.24, 2.45) is 0 Å². The number of aromatic nitrogens is 2. The molecule has 0 atom stereocenters. The standard InChI is InChI=1S/C21H22N2O/c1-3-21-22-14-16-23(21)15-4-5-17-6-8-18(9-7-17)19-10-12-20(24-2)13-11-19/h4-14,16H,3,15H2,1-2H3/b5-4+. The molecular weight excluding hydrogens is 296 g/mol. The van der Waals surface area contributed by atoms with Crippen molar-refractivity contribution in [2.75, 3.05) is 7.11 Å². The molecule has 0 amide bonds. The summed E-state index contributed by atoms with van der Waals surface area (Å²) in [6, 6.07) is 16.7. The van der Waals surface area contributed by atoms with Crippen LogP contribution in [0, 0.1) is 0 Å². The van der Waals surface area contributed by atoms with E-state index in [-0.39, 0.29) is 0 Å². The third-order valence-corrected chi connectivity index (χ3v) is 4.06. The summed E-state index contributed by atoms with van der Waals surface area (Å²) in [7, 11) is 1.68. The van der Waals surface area contributed by atoms with Crippen LogP contribution in [0.3, 0.4) is 0 Å². The molecule has 0 saturated heterocycles. The number of benzene rings is 2. The molecule has 0 saturated carbocycles. The molecule has 0 radical (unpaired) electrons. The summed E-state index contributed by atoms with van der Waals surface area (Å²) in [6.45, 7) is 2.98. The van der Waals surface area contributed by atoms with Crippen LogP contribution in [0.15, 0.2) is 67.0 Å². The highest BCUT2D eigenvalue weighted by Gasteiger charge is 1.99. The summed E-state index contributed by atoms with van der Waals surface area (Å²) in [6.07, 6.45) is 9.16. The Morgan fingerprint density at radius 3 is 2.29 bits per heavy atom. The third kappa shape index (κ3) is 3.74. The van der Waals surface area contributed by atoms with E-state index in [0.29, 0.717) is 0 Å². The maximum Gasteiger partial charge on any atom is 0.118 e. The van der Waals surface area contributed by atoms with Crippen LogP contribution in [0.25, 0.3) is 17.2 Å². The molecule has 3 heteroatoms. The maximum absolute atomic E-state index is 5.20. The molecule has 0 spiro atoms. The van der Waals surface area contributed by atoms with E-state index in [9.17, 15) is 0 Å². The van der Waals surface area contributed by atoms with Crippen LogP contribution in [-0.2, 0) is 13.0 Å². The van der Waals surface area contributed by atoms with Crippen molar-refractivity contribution in [2.45, 2.75) is 19.9 Å². The second kappa shape index (κ2) is 7.64. The first-order chi connectivity index (χ1) is 11.8. The van der Waals surface area contributed by atoms with Gasteiger partial charge in [0.05, 0.1) is 7.11 Å². The largest absolute Gasteiger partial charge is 0.497 e. The van der Waals surface area contributed by atoms with Crippen molar-refractivity contribution in [3.05, 3.63) is 78.4 Å². The molecular formula is C21H22N2O. The molecule has 0 N–H and O–H groups in total. The Balaban J connectivity index is 1.66. The molecule has 24 heavy (non-hydrogen) atoms. The lowest BCUT2D eigenvalue weighted by molar-refractivity contribution is 0.415. The first-order valence-electron chi connectivity index (χ1n) is 8.21. The lowest BCUT2D eigenvalue weighted by atomic mass is 10.0. The van der Waals surface area contributed by atoms with Gasteiger partial charge in [0.25, 0.3) is 0 Å². The molecule has 0 aliphatic heterocycles. The molecule has 3 nitrogen and oxygen atoms in total. The van der Waals surface area contributed by atoms with E-state index in [1.807, 2.05) is 24.5 Å². The lowest BCUT2D eigenvalue weighted by Crippen LogP contribution is -1.99. The van der Waals surface area contributed by atoms with E-state index in [1.165, 1.54) is 16.7 Å². The van der Waals surface area contributed by atoms with Crippen molar-refractivity contribution < 1.29 is 4.74 Å². The highest BCUT2D eigenvalue weighted by molar-refractivity contribution is 5.66. The Hall–Kier alpha value is -2.81. The predicted molar refractivity (Wildman–Crippen MR) is 99.1 cm³/mol. The van der Waals surface area contributed by atoms with Gasteiger partial charge in [-0.3, -0.25) is 0 Å². The highest BCUT2D eigenvalue weighted by Crippen LogP contribution is 2.23. The monoisotopic (exact) mass is 318 g/mol. The summed E-state index contributed by atoms with van der Waals surface area (Å²) >= 11 is 0. The zero-order chi connectivity index (χ0) is 16.8. The van der Waals surface area contributed by atoms with Crippen LogP contribution < -0.4 is 4.74 Å². The second-order valence-electron chi connectivity index (χ2n) is 5.60. The van der Waals surface area contributed by atoms with Crippen LogP contribution in [0.4, 0.5) is 0 Å². The quantitative estimate of drug-likeness (QED) is 0.650. The van der Waals surface area contributed by atoms with Gasteiger partial charge in [0, 0.05) is 25.4 Å². The van der Waals surface area contributed by atoms with Crippen molar-refractivity contribution in [1.29, 1.82) is 0 Å². The fraction of sp³-hybridized carbons (Fsp3) is 0.190. The van der Waals surface area contributed by atoms with Gasteiger partial charge in [-0.25, -0.2) is 4.98 Å². The molecule has 0 aliphatic rings. The third-order valence-electron chi connectivity index (χ3n) is 4.06. The molecule has 3 aromatic rings. The van der Waals surface area contributed by atoms with E-state index in [2.05, 4.69) is 65.0 Å². The first kappa shape index (κ1) is 16.1. The van der Waals surface area contributed by atoms with Gasteiger partial charge in [-0.15, -0.1) is 0 Å². The number of hydrogen-bond donors (Lipinski definition) is 0. The molecule has 0 bridgehead atoms. The molecule has 2 aromatic carbocycles. The molecule has 3 rings (SSSR count). The minimum absolute atomic E-state index is 0.851. The zero-order valence-corrected chi connectivity index (χ0v) is 14.1. The van der Waals surface area contributed by atoms with Crippen LogP contribution in [0.5, 0.6) is 5.75 Å². The highest BCUT2D eigenvalue weighted by atomic mass is 16.5. The van der Waals surface area contributed by atoms with E-state index >= 15 is 0 Å². The average Bonchev–Trinajstić information content (AvgIpc) is 3.10. The van der Waals surface area contributed by atoms with E-state index in [1.54, 1.807) is 7.11 Å². The Kier molecular flexibility index (Phi) is 5.12. The Morgan fingerprint density at radius 2 is 1.67 bits per heavy atom. The van der Waals surface area contributed by atoms with Gasteiger partial charge in [0.15, 0.2) is 0 Å². The number of allylic oxidation sites excluding steroid dienone is 1. The van der Waals surface area contributed by atoms with Gasteiger partial charge in [-0.1, -0.05) is 55.5 Å². The molecule has 122 valence electrons. The number of hydrogen-bond acceptors (Lipinski definition) is 2. The average molecular weight is 318 g/mol. The first-order valence-corrected chi connectivity index (χ1v) is 8.21. The van der Waals surface area contributed by atoms with E-state index in [0.717, 1.165) is 24.5 Å². The zero-order valence-electron chi connectivity index (χ0n) is 14.1. The second-order valence-corrected chi connectivity index (χ2v) is 5.60. The Morgan fingerprint density at radius 1 is 1.00 bits per heavy atom. The number of methoxy groups -OCH3 is 1. The molecule has 1 heterocycles. The molecule has 0 aliphatic carbocycles. The summed E-state index contributed by atoms with van der Waals surface area (Å²) in [5.41, 5.74) is 3.60. The summed E-state index contributed by atoms with van der Waals surface area (Å²) in [5, 5.41) is 0. The number of aryl methyl sites for hydroxylation is 1. The van der Waals surface area contributed by atoms with Crippen LogP contribution in [-0.4, -0.2) is 16.7 Å². The topological polar surface area (TPSA) is 27.1 Å². The fourth-order valence-electron chi connectivity index (χ4n) is 2.69. The predicted octanol–water partition coefficient (Wildman–Crippen LogP) is 4.83. The minimum atomic E-state index is 0.851. The molecule has 0 fully saturated rings. The van der Waals surface area contributed by atoms with Gasteiger partial charge >= 0.3 is 0 Å². The van der Waals surface area contributed by atoms with Gasteiger partial charge in [-0.2, -0.15) is 0 Å². The summed E-state index contributed by atoms with van der Waals surface area (Å²) < 4.78 is 7.37. The van der Waals surface area contributed by atoms with Gasteiger partial charge in [0.1, 0.15) is 11.6 Å². The van der Waals surface area contributed by atoms with Crippen molar-refractivity contribution in [1.82, 2.24) is 9.55 Å². The van der Waals surface area contributed by atoms with Crippen LogP contribution in [0.2, 0.25) is 0 Å². The van der Waals surface area contributed by atoms with Crippen molar-refractivity contribution in [3.8, 4) is 16.9 Å². The summed E-state index contributed by atoms with van der Waals surface area (Å²) in [5.74, 6) is 2.00. The Bertz CT molecular complexity index is 799. The van der Waals surface area contributed by atoms with Gasteiger partial charge in [-0.05, 0) is 28.8 Å². The Labute approximate surface area is 143 Å². The number of rotatable bonds is 6. The number of ether oxygens (including phenoxy) is 1. The maximum atomic E-state index is 5.20. The van der Waals surface area contributed by atoms with Gasteiger partial charge in [0.2, 0.25) is 0 Å². The van der Waals surface area contributed by atoms with Crippen LogP contribution in [0.1, 0.15) is 18.3 Å². The normalized spacial score (nSPS) is 11.1. The smallest absolute Gasteiger partial charge is 0.118 e. The van der Waals surface area contributed by atoms with E-state index in [4.69, 9.17) is 4.74 Å². The molecule has 1 aromatic heterocycles. The molecule has 0 unspecified atom stereocenters. The minimum Gasteiger partial charge on any atom is -0.497 e. The van der Waals surface area contributed by atoms with Crippen molar-refractivity contribution >= 4 is 6.08 Å². The number of nitrogens with zero attached hydrogens (tertiary/aromatic N) is 2. The summed E-state index contributed by atoms with van der Waals surface area (Å²) in [4.78, 5) is 4.34. The van der Waals surface area contributed by atoms with E-state index < -0.39 is 0 Å². The van der Waals surface area contributed by atoms with Gasteiger partial charge < -0.3 is 9.30 Å². The lowest BCUT2D eigenvalue weighted by Gasteiger charge is -2.05. The SMILES string of the molecule is CCc1nccn1C/C=C/c1ccc(-c2ccc(OC)cc2)cc1. The fourth-order valence-corrected chi connectivity index (χ4v) is 2.69. The number of imidazole rings is 1.